The van der Waals surface area contributed by atoms with Gasteiger partial charge in [0.05, 0.1) is 23.8 Å². The van der Waals surface area contributed by atoms with Crippen molar-refractivity contribution < 1.29 is 38.2 Å². The van der Waals surface area contributed by atoms with Crippen molar-refractivity contribution in [2.45, 2.75) is 45.1 Å². The highest BCUT2D eigenvalue weighted by Crippen LogP contribution is 2.29. The molecule has 1 amide bonds. The van der Waals surface area contributed by atoms with E-state index in [0.717, 1.165) is 5.30 Å². The molecular weight excluding hydrogens is 569 g/mol. The number of benzene rings is 2. The van der Waals surface area contributed by atoms with Gasteiger partial charge in [-0.15, -0.1) is 0 Å². The lowest BCUT2D eigenvalue weighted by Crippen LogP contribution is -2.47. The third-order valence-corrected chi connectivity index (χ3v) is 7.55. The highest BCUT2D eigenvalue weighted by atomic mass is 31.1. The lowest BCUT2D eigenvalue weighted by atomic mass is 9.90. The van der Waals surface area contributed by atoms with Gasteiger partial charge in [0.15, 0.2) is 5.52 Å². The van der Waals surface area contributed by atoms with Crippen molar-refractivity contribution in [3.63, 3.8) is 0 Å². The van der Waals surface area contributed by atoms with Crippen LogP contribution in [0.3, 0.4) is 0 Å². The van der Waals surface area contributed by atoms with E-state index in [2.05, 4.69) is 11.9 Å². The third kappa shape index (κ3) is 10.0. The molecule has 0 bridgehead atoms. The van der Waals surface area contributed by atoms with E-state index in [4.69, 9.17) is 14.2 Å². The van der Waals surface area contributed by atoms with Gasteiger partial charge >= 0.3 is 11.9 Å². The zero-order valence-electron chi connectivity index (χ0n) is 24.3. The van der Waals surface area contributed by atoms with Gasteiger partial charge in [0.2, 0.25) is 5.91 Å². The summed E-state index contributed by atoms with van der Waals surface area (Å²) in [6.07, 6.45) is 8.23. The number of amides is 1. The first kappa shape index (κ1) is 32.9. The number of nitrogens with one attached hydrogen (secondary N) is 1. The summed E-state index contributed by atoms with van der Waals surface area (Å²) in [4.78, 5) is 60.5. The van der Waals surface area contributed by atoms with Crippen LogP contribution in [0.5, 0.6) is 5.75 Å². The Balaban J connectivity index is 1.77. The molecule has 0 saturated heterocycles. The number of methoxy groups -OCH3 is 1. The maximum Gasteiger partial charge on any atom is 0.343 e. The normalized spacial score (nSPS) is 20.1. The predicted molar refractivity (Wildman–Crippen MR) is 164 cm³/mol. The average Bonchev–Trinajstić information content (AvgIpc) is 2.98. The first-order valence-corrected chi connectivity index (χ1v) is 14.5. The number of rotatable bonds is 11. The standard InChI is InChI=1S/C33H34NO8P/c1-22-9-14-27(41-31(38)25-12-17-28(18-13-25)43-30(37)8-6-20-35)7-5-19-33(3,34-23(2)36)29(21-22)42-32(39)24-10-15-26(40-4)16-11-24/h7,9-18,20-21,43H,1,5-6,8,19H2,2-4H3,(H,34,36)/b14-9-,27-7+,29-21+. The van der Waals surface area contributed by atoms with Crippen LogP contribution < -0.4 is 15.4 Å². The fraction of sp³-hybridized carbons (Fsp3) is 0.242. The van der Waals surface area contributed by atoms with Gasteiger partial charge in [-0.3, -0.25) is 9.59 Å². The molecule has 3 rings (SSSR count). The molecule has 0 fully saturated rings. The second kappa shape index (κ2) is 15.6. The number of hydrogen-bond donors (Lipinski definition) is 1. The maximum absolute atomic E-state index is 13.0. The van der Waals surface area contributed by atoms with Crippen molar-refractivity contribution in [1.82, 2.24) is 5.32 Å². The van der Waals surface area contributed by atoms with E-state index in [1.54, 1.807) is 79.8 Å². The van der Waals surface area contributed by atoms with E-state index in [9.17, 15) is 24.0 Å². The number of ether oxygens (including phenoxy) is 3. The molecule has 0 radical (unpaired) electrons. The number of esters is 2. The fourth-order valence-electron chi connectivity index (χ4n) is 4.14. The van der Waals surface area contributed by atoms with Gasteiger partial charge in [-0.05, 0) is 93.8 Å². The van der Waals surface area contributed by atoms with Crippen LogP contribution in [0.4, 0.5) is 0 Å². The maximum atomic E-state index is 13.0. The number of carbonyl (C=O) groups excluding carboxylic acids is 5. The Hall–Kier alpha value is -4.62. The molecule has 1 aliphatic rings. The van der Waals surface area contributed by atoms with Gasteiger partial charge in [-0.2, -0.15) is 0 Å². The first-order chi connectivity index (χ1) is 20.5. The quantitative estimate of drug-likeness (QED) is 0.214. The zero-order chi connectivity index (χ0) is 31.4. The molecule has 2 atom stereocenters. The molecule has 0 aliphatic heterocycles. The molecule has 2 aromatic carbocycles. The third-order valence-electron chi connectivity index (χ3n) is 6.40. The minimum Gasteiger partial charge on any atom is -0.497 e. The molecule has 0 spiro atoms. The monoisotopic (exact) mass is 603 g/mol. The molecule has 2 unspecified atom stereocenters. The first-order valence-electron chi connectivity index (χ1n) is 13.5. The molecule has 224 valence electrons. The molecule has 9 nitrogen and oxygen atoms in total. The van der Waals surface area contributed by atoms with E-state index in [0.29, 0.717) is 41.6 Å². The molecule has 0 saturated carbocycles. The molecule has 43 heavy (non-hydrogen) atoms. The van der Waals surface area contributed by atoms with E-state index >= 15 is 0 Å². The van der Waals surface area contributed by atoms with Crippen molar-refractivity contribution in [2.75, 3.05) is 7.11 Å². The van der Waals surface area contributed by atoms with Gasteiger partial charge < -0.3 is 24.3 Å². The molecule has 0 heterocycles. The van der Waals surface area contributed by atoms with Crippen LogP contribution >= 0.6 is 8.58 Å². The van der Waals surface area contributed by atoms with Gasteiger partial charge in [0.25, 0.3) is 0 Å². The van der Waals surface area contributed by atoms with Crippen LogP contribution in [0, 0.1) is 0 Å². The number of aldehydes is 1. The summed E-state index contributed by atoms with van der Waals surface area (Å²) in [5.74, 6) is -0.444. The summed E-state index contributed by atoms with van der Waals surface area (Å²) in [5.41, 5.74) is -0.0824. The second-order valence-corrected chi connectivity index (χ2v) is 11.3. The summed E-state index contributed by atoms with van der Waals surface area (Å²) in [5, 5.41) is 3.64. The minimum absolute atomic E-state index is 0.0292. The summed E-state index contributed by atoms with van der Waals surface area (Å²) in [6.45, 7) is 7.13. The summed E-state index contributed by atoms with van der Waals surface area (Å²) in [7, 11) is 1.43. The Morgan fingerprint density at radius 2 is 1.60 bits per heavy atom. The van der Waals surface area contributed by atoms with Crippen molar-refractivity contribution >= 4 is 43.5 Å². The van der Waals surface area contributed by atoms with Crippen molar-refractivity contribution in [1.29, 1.82) is 0 Å². The van der Waals surface area contributed by atoms with E-state index in [1.807, 2.05) is 0 Å². The van der Waals surface area contributed by atoms with Gasteiger partial charge in [-0.1, -0.05) is 24.8 Å². The van der Waals surface area contributed by atoms with Crippen molar-refractivity contribution in [3.05, 3.63) is 108 Å². The molecule has 0 aromatic heterocycles. The molecular formula is C33H34NO8P. The Bertz CT molecular complexity index is 1470. The van der Waals surface area contributed by atoms with Crippen LogP contribution in [0.2, 0.25) is 0 Å². The van der Waals surface area contributed by atoms with Crippen LogP contribution in [0.25, 0.3) is 0 Å². The molecule has 1 aliphatic carbocycles. The van der Waals surface area contributed by atoms with Crippen molar-refractivity contribution in [2.24, 2.45) is 0 Å². The van der Waals surface area contributed by atoms with Crippen LogP contribution in [0.1, 0.15) is 60.2 Å². The van der Waals surface area contributed by atoms with Crippen LogP contribution in [0.15, 0.2) is 96.5 Å². The zero-order valence-corrected chi connectivity index (χ0v) is 25.3. The summed E-state index contributed by atoms with van der Waals surface area (Å²) in [6, 6.07) is 13.0. The lowest BCUT2D eigenvalue weighted by Gasteiger charge is -2.32. The Labute approximate surface area is 252 Å². The highest BCUT2D eigenvalue weighted by Gasteiger charge is 2.33. The van der Waals surface area contributed by atoms with E-state index < -0.39 is 17.5 Å². The SMILES string of the molecule is C=C1/C=C\C(OC(=O)c2ccc(PC(=O)CCC=O)cc2)=C/CCC(C)(NC(C)=O)/C(OC(=O)c2ccc(OC)cc2)=C\1. The summed E-state index contributed by atoms with van der Waals surface area (Å²) < 4.78 is 16.6. The van der Waals surface area contributed by atoms with E-state index in [1.165, 1.54) is 14.0 Å². The highest BCUT2D eigenvalue weighted by molar-refractivity contribution is 7.65. The molecule has 10 heteroatoms. The van der Waals surface area contributed by atoms with Crippen molar-refractivity contribution in [3.8, 4) is 5.75 Å². The second-order valence-electron chi connectivity index (χ2n) is 9.91. The topological polar surface area (TPSA) is 125 Å². The Morgan fingerprint density at radius 1 is 0.977 bits per heavy atom. The lowest BCUT2D eigenvalue weighted by molar-refractivity contribution is -0.120. The smallest absolute Gasteiger partial charge is 0.343 e. The van der Waals surface area contributed by atoms with Gasteiger partial charge in [-0.25, -0.2) is 9.59 Å². The predicted octanol–water partition coefficient (Wildman–Crippen LogP) is 5.09. The van der Waals surface area contributed by atoms with Gasteiger partial charge in [0, 0.05) is 19.8 Å². The molecule has 1 N–H and O–H groups in total. The fourth-order valence-corrected chi connectivity index (χ4v) is 5.07. The van der Waals surface area contributed by atoms with Crippen LogP contribution in [-0.2, 0) is 23.9 Å². The number of carbonyl (C=O) groups is 5. The largest absolute Gasteiger partial charge is 0.497 e. The minimum atomic E-state index is -1.09. The number of hydrogen-bond acceptors (Lipinski definition) is 8. The number of allylic oxidation sites excluding steroid dienone is 5. The Morgan fingerprint density at radius 3 is 2.21 bits per heavy atom. The van der Waals surface area contributed by atoms with E-state index in [-0.39, 0.29) is 44.4 Å². The molecule has 2 aromatic rings. The summed E-state index contributed by atoms with van der Waals surface area (Å²) >= 11 is 0. The average molecular weight is 604 g/mol. The van der Waals surface area contributed by atoms with Crippen LogP contribution in [-0.4, -0.2) is 42.3 Å². The van der Waals surface area contributed by atoms with Gasteiger partial charge in [0.1, 0.15) is 23.6 Å². The Kier molecular flexibility index (Phi) is 11.9.